The predicted octanol–water partition coefficient (Wildman–Crippen LogP) is 4.64. The van der Waals surface area contributed by atoms with E-state index in [0.717, 1.165) is 11.1 Å². The number of nitrogens with one attached hydrogen (secondary N) is 1. The van der Waals surface area contributed by atoms with E-state index >= 15 is 0 Å². The summed E-state index contributed by atoms with van der Waals surface area (Å²) in [4.78, 5) is 14.0. The molecule has 1 saturated heterocycles. The molecule has 7 nitrogen and oxygen atoms in total. The second-order valence-corrected chi connectivity index (χ2v) is 10.9. The molecule has 1 aliphatic heterocycles. The molecule has 0 bridgehead atoms. The van der Waals surface area contributed by atoms with Gasteiger partial charge in [-0.2, -0.15) is 0 Å². The maximum atomic E-state index is 14.2. The van der Waals surface area contributed by atoms with Crippen molar-refractivity contribution in [3.8, 4) is 5.75 Å². The Hall–Kier alpha value is -1.40. The van der Waals surface area contributed by atoms with Gasteiger partial charge in [-0.15, -0.1) is 0 Å². The largest absolute Gasteiger partial charge is 0.480 e. The Kier molecular flexibility index (Phi) is 8.51. The van der Waals surface area contributed by atoms with Gasteiger partial charge in [0.15, 0.2) is 0 Å². The maximum absolute atomic E-state index is 14.2. The zero-order chi connectivity index (χ0) is 22.5. The van der Waals surface area contributed by atoms with Crippen molar-refractivity contribution in [2.75, 3.05) is 32.6 Å². The Balaban J connectivity index is 2.49. The molecule has 1 heterocycles. The van der Waals surface area contributed by atoms with E-state index in [9.17, 15) is 14.5 Å². The molecule has 1 aromatic rings. The van der Waals surface area contributed by atoms with Crippen LogP contribution in [0.2, 0.25) is 0 Å². The number of hydrogen-bond acceptors (Lipinski definition) is 5. The summed E-state index contributed by atoms with van der Waals surface area (Å²) in [5.74, 6) is -0.0902. The fraction of sp³-hybridized carbons (Fsp3) is 0.682. The van der Waals surface area contributed by atoms with Gasteiger partial charge in [-0.3, -0.25) is 14.3 Å². The average molecular weight is 441 g/mol. The Bertz CT molecular complexity index is 751. The number of carbonyl (C=O) groups is 1. The molecule has 0 saturated carbocycles. The molecule has 1 aliphatic rings. The third kappa shape index (κ3) is 6.07. The number of ether oxygens (including phenoxy) is 1. The number of carboxylic acid groups (broad SMARTS) is 1. The number of para-hydroxylation sites is 1. The zero-order valence-corrected chi connectivity index (χ0v) is 20.0. The molecule has 2 N–H and O–H groups in total. The minimum absolute atomic E-state index is 0.128. The third-order valence-corrected chi connectivity index (χ3v) is 7.73. The monoisotopic (exact) mass is 440 g/mol. The predicted molar refractivity (Wildman–Crippen MR) is 120 cm³/mol. The van der Waals surface area contributed by atoms with Crippen molar-refractivity contribution in [3.63, 3.8) is 0 Å². The summed E-state index contributed by atoms with van der Waals surface area (Å²) in [6.45, 7) is 14.0. The van der Waals surface area contributed by atoms with Crippen LogP contribution in [0, 0.1) is 0 Å². The van der Waals surface area contributed by atoms with Gasteiger partial charge in [0, 0.05) is 13.1 Å². The number of benzene rings is 1. The van der Waals surface area contributed by atoms with Crippen molar-refractivity contribution in [3.05, 3.63) is 29.3 Å². The summed E-state index contributed by atoms with van der Waals surface area (Å²) >= 11 is 0. The van der Waals surface area contributed by atoms with Crippen LogP contribution in [0.25, 0.3) is 0 Å². The van der Waals surface area contributed by atoms with E-state index in [1.54, 1.807) is 13.8 Å². The van der Waals surface area contributed by atoms with E-state index in [4.69, 9.17) is 9.26 Å². The Labute approximate surface area is 180 Å². The standard InChI is InChI=1S/C22H37N2O5P/c1-7-22(6,21(25)26)23-30(27,15-24-11-13-28-14-12-24)29-20-18(16(2)3)9-8-10-19(20)17(4)5/h8-10,16-17H,7,11-15H2,1-6H3,(H,23,27)(H,25,26). The summed E-state index contributed by atoms with van der Waals surface area (Å²) in [5, 5.41) is 12.7. The molecule has 0 spiro atoms. The van der Waals surface area contributed by atoms with Gasteiger partial charge in [0.1, 0.15) is 17.6 Å². The minimum atomic E-state index is -3.60. The molecule has 0 radical (unpaired) electrons. The summed E-state index contributed by atoms with van der Waals surface area (Å²) in [6, 6.07) is 5.97. The second-order valence-electron chi connectivity index (χ2n) is 8.81. The summed E-state index contributed by atoms with van der Waals surface area (Å²) in [6.07, 6.45) is 0.408. The molecular weight excluding hydrogens is 403 g/mol. The van der Waals surface area contributed by atoms with Crippen molar-refractivity contribution in [1.82, 2.24) is 9.99 Å². The second kappa shape index (κ2) is 10.3. The van der Waals surface area contributed by atoms with E-state index in [1.165, 1.54) is 0 Å². The van der Waals surface area contributed by atoms with Gasteiger partial charge in [0.05, 0.1) is 13.2 Å². The zero-order valence-electron chi connectivity index (χ0n) is 19.1. The van der Waals surface area contributed by atoms with Gasteiger partial charge < -0.3 is 14.4 Å². The van der Waals surface area contributed by atoms with Crippen LogP contribution in [0.1, 0.15) is 70.9 Å². The molecule has 30 heavy (non-hydrogen) atoms. The first-order valence-corrected chi connectivity index (χ1v) is 12.6. The van der Waals surface area contributed by atoms with Crippen molar-refractivity contribution in [2.24, 2.45) is 0 Å². The van der Waals surface area contributed by atoms with E-state index < -0.39 is 19.0 Å². The first-order valence-electron chi connectivity index (χ1n) is 10.8. The van der Waals surface area contributed by atoms with Crippen molar-refractivity contribution in [1.29, 1.82) is 0 Å². The maximum Gasteiger partial charge on any atom is 0.331 e. The van der Waals surface area contributed by atoms with Crippen LogP contribution < -0.4 is 9.61 Å². The van der Waals surface area contributed by atoms with Crippen LogP contribution in [0.15, 0.2) is 18.2 Å². The molecule has 170 valence electrons. The lowest BCUT2D eigenvalue weighted by Gasteiger charge is -2.36. The highest BCUT2D eigenvalue weighted by atomic mass is 31.2. The number of rotatable bonds is 10. The van der Waals surface area contributed by atoms with E-state index in [1.807, 2.05) is 23.1 Å². The van der Waals surface area contributed by atoms with Crippen LogP contribution in [0.4, 0.5) is 0 Å². The quantitative estimate of drug-likeness (QED) is 0.513. The van der Waals surface area contributed by atoms with Crippen molar-refractivity contribution < 1.29 is 23.7 Å². The fourth-order valence-corrected chi connectivity index (χ4v) is 5.98. The van der Waals surface area contributed by atoms with Gasteiger partial charge in [-0.25, -0.2) is 5.09 Å². The van der Waals surface area contributed by atoms with Crippen molar-refractivity contribution >= 4 is 13.5 Å². The Morgan fingerprint density at radius 3 is 2.20 bits per heavy atom. The van der Waals surface area contributed by atoms with E-state index in [0.29, 0.717) is 32.1 Å². The molecule has 0 amide bonds. The molecule has 2 rings (SSSR count). The minimum Gasteiger partial charge on any atom is -0.480 e. The number of aliphatic carboxylic acids is 1. The number of hydrogen-bond donors (Lipinski definition) is 2. The lowest BCUT2D eigenvalue weighted by molar-refractivity contribution is -0.143. The lowest BCUT2D eigenvalue weighted by Crippen LogP contribution is -2.50. The average Bonchev–Trinajstić information content (AvgIpc) is 2.67. The lowest BCUT2D eigenvalue weighted by atomic mass is 9.94. The third-order valence-electron chi connectivity index (χ3n) is 5.64. The molecule has 0 aromatic heterocycles. The normalized spacial score (nSPS) is 19.5. The van der Waals surface area contributed by atoms with Gasteiger partial charge in [-0.1, -0.05) is 52.8 Å². The molecular formula is C22H37N2O5P. The van der Waals surface area contributed by atoms with Crippen LogP contribution in [0.3, 0.4) is 0 Å². The topological polar surface area (TPSA) is 88.1 Å². The van der Waals surface area contributed by atoms with E-state index in [2.05, 4.69) is 32.8 Å². The molecule has 2 unspecified atom stereocenters. The molecule has 8 heteroatoms. The van der Waals surface area contributed by atoms with Gasteiger partial charge in [0.25, 0.3) is 0 Å². The van der Waals surface area contributed by atoms with Crippen LogP contribution in [0.5, 0.6) is 5.75 Å². The summed E-state index contributed by atoms with van der Waals surface area (Å²) in [5.41, 5.74) is 0.588. The fourth-order valence-electron chi connectivity index (χ4n) is 3.48. The van der Waals surface area contributed by atoms with Crippen LogP contribution in [-0.2, 0) is 14.1 Å². The molecule has 0 aliphatic carbocycles. The highest BCUT2D eigenvalue weighted by Gasteiger charge is 2.42. The smallest absolute Gasteiger partial charge is 0.331 e. The number of morpholine rings is 1. The molecule has 2 atom stereocenters. The summed E-state index contributed by atoms with van der Waals surface area (Å²) in [7, 11) is -3.60. The Morgan fingerprint density at radius 2 is 1.77 bits per heavy atom. The van der Waals surface area contributed by atoms with Gasteiger partial charge >= 0.3 is 13.5 Å². The highest BCUT2D eigenvalue weighted by Crippen LogP contribution is 2.50. The van der Waals surface area contributed by atoms with Crippen LogP contribution >= 0.6 is 7.52 Å². The van der Waals surface area contributed by atoms with Crippen molar-refractivity contribution in [2.45, 2.75) is 65.3 Å². The SMILES string of the molecule is CCC(C)(NP(=O)(CN1CCOCC1)Oc1c(C(C)C)cccc1C(C)C)C(=O)O. The Morgan fingerprint density at radius 1 is 1.23 bits per heavy atom. The highest BCUT2D eigenvalue weighted by molar-refractivity contribution is 7.57. The molecule has 1 fully saturated rings. The van der Waals surface area contributed by atoms with Gasteiger partial charge in [-0.05, 0) is 36.3 Å². The number of nitrogens with zero attached hydrogens (tertiary/aromatic N) is 1. The van der Waals surface area contributed by atoms with E-state index in [-0.39, 0.29) is 24.5 Å². The first kappa shape index (κ1) is 24.9. The van der Waals surface area contributed by atoms with Gasteiger partial charge in [0.2, 0.25) is 0 Å². The summed E-state index contributed by atoms with van der Waals surface area (Å²) < 4.78 is 25.9. The van der Waals surface area contributed by atoms with Crippen LogP contribution in [-0.4, -0.2) is 54.1 Å². The molecule has 1 aromatic carbocycles. The first-order chi connectivity index (χ1) is 14.0. The number of carboxylic acids is 1.